The van der Waals surface area contributed by atoms with E-state index in [0.29, 0.717) is 21.1 Å². The van der Waals surface area contributed by atoms with Crippen molar-refractivity contribution in [3.05, 3.63) is 75.9 Å². The lowest BCUT2D eigenvalue weighted by Gasteiger charge is -2.33. The summed E-state index contributed by atoms with van der Waals surface area (Å²) in [5.74, 6) is -0.197. The third-order valence-corrected chi connectivity index (χ3v) is 8.23. The number of aromatic nitrogens is 2. The van der Waals surface area contributed by atoms with Crippen LogP contribution in [0.25, 0.3) is 16.6 Å². The van der Waals surface area contributed by atoms with E-state index in [1.165, 1.54) is 33.9 Å². The summed E-state index contributed by atoms with van der Waals surface area (Å²) in [5, 5.41) is 1.68. The fourth-order valence-electron chi connectivity index (χ4n) is 3.54. The van der Waals surface area contributed by atoms with Crippen molar-refractivity contribution in [2.45, 2.75) is 13.1 Å². The molecule has 1 fully saturated rings. The van der Waals surface area contributed by atoms with Gasteiger partial charge in [-0.1, -0.05) is 12.1 Å². The minimum atomic E-state index is -4.45. The van der Waals surface area contributed by atoms with Crippen LogP contribution in [0.15, 0.2) is 54.2 Å². The molecule has 35 heavy (non-hydrogen) atoms. The van der Waals surface area contributed by atoms with Crippen LogP contribution in [-0.2, 0) is 16.2 Å². The second kappa shape index (κ2) is 9.88. The Morgan fingerprint density at radius 3 is 2.26 bits per heavy atom. The zero-order valence-corrected chi connectivity index (χ0v) is 20.2. The minimum Gasteiger partial charge on any atom is -0.335 e. The molecule has 1 aliphatic rings. The number of halogens is 3. The Bertz CT molecular complexity index is 1330. The highest BCUT2D eigenvalue weighted by atomic mass is 32.2. The first kappa shape index (κ1) is 25.0. The maximum absolute atomic E-state index is 13.1. The summed E-state index contributed by atoms with van der Waals surface area (Å²) >= 11 is 1.29. The van der Waals surface area contributed by atoms with E-state index >= 15 is 0 Å². The van der Waals surface area contributed by atoms with E-state index in [2.05, 4.69) is 9.97 Å². The van der Waals surface area contributed by atoms with Crippen molar-refractivity contribution < 1.29 is 26.4 Å². The molecule has 0 unspecified atom stereocenters. The molecule has 4 rings (SSSR count). The molecular formula is C23H21F3N4O3S2. The summed E-state index contributed by atoms with van der Waals surface area (Å²) in [6.07, 6.45) is 0.108. The van der Waals surface area contributed by atoms with Gasteiger partial charge in [0.2, 0.25) is 10.0 Å². The van der Waals surface area contributed by atoms with Gasteiger partial charge in [0.1, 0.15) is 9.88 Å². The van der Waals surface area contributed by atoms with Crippen molar-refractivity contribution in [1.29, 1.82) is 0 Å². The van der Waals surface area contributed by atoms with Crippen molar-refractivity contribution >= 4 is 33.3 Å². The van der Waals surface area contributed by atoms with Crippen LogP contribution in [0.4, 0.5) is 13.2 Å². The van der Waals surface area contributed by atoms with Gasteiger partial charge in [0.15, 0.2) is 0 Å². The SMILES string of the molecule is Cc1nc(-c2ccncc2)sc1C(=O)N1CCN(S(=O)(=O)C=Cc2ccc(C(F)(F)F)cc2)CC1. The van der Waals surface area contributed by atoms with Gasteiger partial charge in [-0.15, -0.1) is 11.3 Å². The number of carbonyl (C=O) groups is 1. The van der Waals surface area contributed by atoms with Crippen molar-refractivity contribution in [1.82, 2.24) is 19.2 Å². The molecule has 0 spiro atoms. The number of rotatable bonds is 5. The number of pyridine rings is 1. The number of aryl methyl sites for hydroxylation is 1. The third kappa shape index (κ3) is 5.77. The molecule has 0 atom stereocenters. The van der Waals surface area contributed by atoms with Crippen LogP contribution in [0.5, 0.6) is 0 Å². The summed E-state index contributed by atoms with van der Waals surface area (Å²) in [7, 11) is -3.80. The molecule has 7 nitrogen and oxygen atoms in total. The predicted octanol–water partition coefficient (Wildman–Crippen LogP) is 4.29. The van der Waals surface area contributed by atoms with Crippen LogP contribution in [0.3, 0.4) is 0 Å². The number of nitrogens with zero attached hydrogens (tertiary/aromatic N) is 4. The highest BCUT2D eigenvalue weighted by Gasteiger charge is 2.31. The molecule has 0 saturated carbocycles. The molecule has 1 saturated heterocycles. The van der Waals surface area contributed by atoms with Crippen molar-refractivity contribution in [3.8, 4) is 10.6 Å². The molecule has 0 aliphatic carbocycles. The first-order valence-electron chi connectivity index (χ1n) is 10.6. The highest BCUT2D eigenvalue weighted by molar-refractivity contribution is 7.92. The van der Waals surface area contributed by atoms with E-state index in [1.807, 2.05) is 12.1 Å². The van der Waals surface area contributed by atoms with Gasteiger partial charge in [0, 0.05) is 49.5 Å². The number of alkyl halides is 3. The molecule has 1 aromatic carbocycles. The zero-order chi connectivity index (χ0) is 25.2. The Morgan fingerprint density at radius 2 is 1.66 bits per heavy atom. The second-order valence-electron chi connectivity index (χ2n) is 7.83. The second-order valence-corrected chi connectivity index (χ2v) is 10.6. The lowest BCUT2D eigenvalue weighted by atomic mass is 10.1. The molecule has 3 aromatic rings. The van der Waals surface area contributed by atoms with Crippen LogP contribution in [0.2, 0.25) is 0 Å². The minimum absolute atomic E-state index is 0.112. The summed E-state index contributed by atoms with van der Waals surface area (Å²) < 4.78 is 64.7. The van der Waals surface area contributed by atoms with Gasteiger partial charge in [-0.2, -0.15) is 17.5 Å². The Balaban J connectivity index is 1.39. The van der Waals surface area contributed by atoms with Crippen LogP contribution < -0.4 is 0 Å². The average Bonchev–Trinajstić information content (AvgIpc) is 3.24. The molecule has 0 radical (unpaired) electrons. The van der Waals surface area contributed by atoms with E-state index in [9.17, 15) is 26.4 Å². The fraction of sp³-hybridized carbons (Fsp3) is 0.261. The van der Waals surface area contributed by atoms with E-state index < -0.39 is 21.8 Å². The molecule has 184 valence electrons. The van der Waals surface area contributed by atoms with Crippen LogP contribution in [0.1, 0.15) is 26.5 Å². The van der Waals surface area contributed by atoms with Crippen LogP contribution in [-0.4, -0.2) is 59.7 Å². The third-order valence-electron chi connectivity index (χ3n) is 5.47. The number of carbonyl (C=O) groups excluding carboxylic acids is 1. The number of piperazine rings is 1. The number of hydrogen-bond acceptors (Lipinski definition) is 6. The molecule has 1 aliphatic heterocycles. The van der Waals surface area contributed by atoms with Crippen molar-refractivity contribution in [3.63, 3.8) is 0 Å². The van der Waals surface area contributed by atoms with Gasteiger partial charge in [-0.25, -0.2) is 13.4 Å². The Labute approximate surface area is 204 Å². The van der Waals surface area contributed by atoms with E-state index in [0.717, 1.165) is 23.1 Å². The van der Waals surface area contributed by atoms with Gasteiger partial charge in [-0.05, 0) is 42.8 Å². The molecule has 0 N–H and O–H groups in total. The largest absolute Gasteiger partial charge is 0.416 e. The number of thiazole rings is 1. The average molecular weight is 523 g/mol. The zero-order valence-electron chi connectivity index (χ0n) is 18.6. The summed E-state index contributed by atoms with van der Waals surface area (Å²) in [6, 6.07) is 7.85. The summed E-state index contributed by atoms with van der Waals surface area (Å²) in [5.41, 5.74) is 1.01. The van der Waals surface area contributed by atoms with Gasteiger partial charge in [-0.3, -0.25) is 9.78 Å². The Kier molecular flexibility index (Phi) is 7.06. The molecule has 0 bridgehead atoms. The van der Waals surface area contributed by atoms with Crippen LogP contribution in [0, 0.1) is 6.92 Å². The van der Waals surface area contributed by atoms with Gasteiger partial charge in [0.25, 0.3) is 5.91 Å². The van der Waals surface area contributed by atoms with Gasteiger partial charge in [0.05, 0.1) is 11.3 Å². The molecular weight excluding hydrogens is 501 g/mol. The summed E-state index contributed by atoms with van der Waals surface area (Å²) in [4.78, 5) is 23.6. The molecule has 3 heterocycles. The van der Waals surface area contributed by atoms with Gasteiger partial charge >= 0.3 is 6.18 Å². The number of benzene rings is 1. The van der Waals surface area contributed by atoms with E-state index in [1.54, 1.807) is 24.2 Å². The number of amides is 1. The fourth-order valence-corrected chi connectivity index (χ4v) is 5.75. The first-order valence-corrected chi connectivity index (χ1v) is 12.9. The number of sulfonamides is 1. The Morgan fingerprint density at radius 1 is 1.03 bits per heavy atom. The predicted molar refractivity (Wildman–Crippen MR) is 127 cm³/mol. The van der Waals surface area contributed by atoms with Gasteiger partial charge < -0.3 is 4.90 Å². The molecule has 12 heteroatoms. The van der Waals surface area contributed by atoms with Crippen molar-refractivity contribution in [2.24, 2.45) is 0 Å². The maximum Gasteiger partial charge on any atom is 0.416 e. The molecule has 2 aromatic heterocycles. The highest BCUT2D eigenvalue weighted by Crippen LogP contribution is 2.30. The smallest absolute Gasteiger partial charge is 0.335 e. The lowest BCUT2D eigenvalue weighted by molar-refractivity contribution is -0.137. The van der Waals surface area contributed by atoms with Crippen molar-refractivity contribution in [2.75, 3.05) is 26.2 Å². The van der Waals surface area contributed by atoms with E-state index in [4.69, 9.17) is 0 Å². The topological polar surface area (TPSA) is 83.5 Å². The lowest BCUT2D eigenvalue weighted by Crippen LogP contribution is -2.50. The first-order chi connectivity index (χ1) is 16.5. The molecule has 1 amide bonds. The standard InChI is InChI=1S/C23H21F3N4O3S2/c1-16-20(34-21(28-16)18-6-9-27-10-7-18)22(31)29-11-13-30(14-12-29)35(32,33)15-8-17-2-4-19(5-3-17)23(24,25)26/h2-10,15H,11-14H2,1H3. The van der Waals surface area contributed by atoms with E-state index in [-0.39, 0.29) is 32.1 Å². The number of hydrogen-bond donors (Lipinski definition) is 0. The maximum atomic E-state index is 13.1. The summed E-state index contributed by atoms with van der Waals surface area (Å²) in [6.45, 7) is 2.42. The quantitative estimate of drug-likeness (QED) is 0.499. The monoisotopic (exact) mass is 522 g/mol. The normalized spacial score (nSPS) is 15.6. The Hall–Kier alpha value is -3.09. The van der Waals surface area contributed by atoms with Crippen LogP contribution >= 0.6 is 11.3 Å².